The van der Waals surface area contributed by atoms with Gasteiger partial charge in [-0.3, -0.25) is 0 Å². The second-order valence-electron chi connectivity index (χ2n) is 7.43. The minimum absolute atomic E-state index is 0.266. The first-order valence-corrected chi connectivity index (χ1v) is 9.80. The Balaban J connectivity index is 4.47. The van der Waals surface area contributed by atoms with E-state index in [-0.39, 0.29) is 7.11 Å². The second kappa shape index (κ2) is 10.9. The van der Waals surface area contributed by atoms with E-state index in [1.807, 2.05) is 0 Å². The Morgan fingerprint density at radius 1 is 0.488 bits per heavy atom. The van der Waals surface area contributed by atoms with Crippen molar-refractivity contribution in [2.75, 3.05) is 28.4 Å². The first-order chi connectivity index (χ1) is 18.3. The summed E-state index contributed by atoms with van der Waals surface area (Å²) in [6.45, 7) is 0. The predicted octanol–water partition coefficient (Wildman–Crippen LogP) is 5.03. The van der Waals surface area contributed by atoms with Crippen LogP contribution in [0.4, 0.5) is 57.1 Å². The largest absolute Gasteiger partial charge is 0.465 e. The van der Waals surface area contributed by atoms with Crippen LogP contribution < -0.4 is 0 Å². The van der Waals surface area contributed by atoms with Gasteiger partial charge in [-0.15, -0.1) is 0 Å². The summed E-state index contributed by atoms with van der Waals surface area (Å²) < 4.78 is 195. The van der Waals surface area contributed by atoms with Gasteiger partial charge in [0.1, 0.15) is 0 Å². The molecule has 0 radical (unpaired) electrons. The maximum Gasteiger partial charge on any atom is 0.460 e. The van der Waals surface area contributed by atoms with Crippen LogP contribution in [0, 0.1) is 0 Å². The molecule has 1 aromatic carbocycles. The fourth-order valence-electron chi connectivity index (χ4n) is 3.07. The average molecular weight is 628 g/mol. The van der Waals surface area contributed by atoms with Crippen LogP contribution in [0.1, 0.15) is 47.0 Å². The summed E-state index contributed by atoms with van der Waals surface area (Å²) in [6.07, 6.45) is -7.69. The second-order valence-corrected chi connectivity index (χ2v) is 7.43. The highest BCUT2D eigenvalue weighted by atomic mass is 19.4. The number of rotatable bonds is 9. The zero-order valence-corrected chi connectivity index (χ0v) is 20.3. The van der Waals surface area contributed by atoms with Crippen LogP contribution in [0.15, 0.2) is 6.07 Å². The van der Waals surface area contributed by atoms with Crippen molar-refractivity contribution >= 4 is 23.9 Å². The molecule has 0 atom stereocenters. The number of benzene rings is 1. The number of carbonyl (C=O) groups excluding carboxylic acids is 4. The minimum Gasteiger partial charge on any atom is -0.465 e. The third-order valence-corrected chi connectivity index (χ3v) is 5.17. The quantitative estimate of drug-likeness (QED) is 0.213. The van der Waals surface area contributed by atoms with E-state index in [2.05, 4.69) is 18.9 Å². The molecule has 0 N–H and O–H groups in total. The highest BCUT2D eigenvalue weighted by molar-refractivity contribution is 6.15. The zero-order valence-electron chi connectivity index (χ0n) is 20.3. The molecule has 0 unspecified atom stereocenters. The van der Waals surface area contributed by atoms with Crippen LogP contribution in [-0.4, -0.2) is 82.2 Å². The molecule has 1 rings (SSSR count). The molecule has 0 aliphatic heterocycles. The van der Waals surface area contributed by atoms with E-state index in [0.717, 1.165) is 0 Å². The molecule has 21 heteroatoms. The van der Waals surface area contributed by atoms with Crippen LogP contribution in [0.3, 0.4) is 0 Å². The number of carbonyl (C=O) groups is 4. The predicted molar refractivity (Wildman–Crippen MR) is 102 cm³/mol. The third-order valence-electron chi connectivity index (χ3n) is 5.17. The standard InChI is InChI=1S/C20H13F13O8/c1-38-11(34)6-5-7(9(13(36)40-3)10(14(37)41-4)8(6)12(35)39-2)15(21,22)16(23,24)17(25,26)18(27,28)19(29,30)20(31,32)33/h5H,1-4H3. The molecule has 0 fully saturated rings. The summed E-state index contributed by atoms with van der Waals surface area (Å²) in [5, 5.41) is 0. The van der Waals surface area contributed by atoms with Crippen molar-refractivity contribution in [1.82, 2.24) is 0 Å². The van der Waals surface area contributed by atoms with Crippen molar-refractivity contribution in [2.24, 2.45) is 0 Å². The zero-order chi connectivity index (χ0) is 32.7. The van der Waals surface area contributed by atoms with E-state index in [1.54, 1.807) is 0 Å². The Hall–Kier alpha value is -3.81. The van der Waals surface area contributed by atoms with Crippen LogP contribution in [0.25, 0.3) is 0 Å². The number of ether oxygens (including phenoxy) is 4. The lowest BCUT2D eigenvalue weighted by molar-refractivity contribution is -0.441. The maximum atomic E-state index is 15.2. The van der Waals surface area contributed by atoms with E-state index in [4.69, 9.17) is 0 Å². The lowest BCUT2D eigenvalue weighted by Crippen LogP contribution is -2.69. The summed E-state index contributed by atoms with van der Waals surface area (Å²) in [7, 11) is 1.58. The third kappa shape index (κ3) is 5.09. The van der Waals surface area contributed by atoms with E-state index < -0.39 is 93.5 Å². The molecule has 0 saturated heterocycles. The molecule has 232 valence electrons. The van der Waals surface area contributed by atoms with Crippen LogP contribution in [-0.2, 0) is 24.9 Å². The molecule has 8 nitrogen and oxygen atoms in total. The van der Waals surface area contributed by atoms with Gasteiger partial charge < -0.3 is 18.9 Å². The molecule has 41 heavy (non-hydrogen) atoms. The molecule has 0 heterocycles. The monoisotopic (exact) mass is 628 g/mol. The summed E-state index contributed by atoms with van der Waals surface area (Å²) >= 11 is 0. The van der Waals surface area contributed by atoms with Crippen LogP contribution in [0.5, 0.6) is 0 Å². The van der Waals surface area contributed by atoms with Crippen molar-refractivity contribution < 1.29 is 95.2 Å². The average Bonchev–Trinajstić information content (AvgIpc) is 2.88. The first-order valence-electron chi connectivity index (χ1n) is 9.80. The highest BCUT2D eigenvalue weighted by Gasteiger charge is 2.91. The Labute approximate surface area is 218 Å². The molecule has 0 spiro atoms. The molecule has 0 aliphatic rings. The summed E-state index contributed by atoms with van der Waals surface area (Å²) in [5.41, 5.74) is -10.8. The summed E-state index contributed by atoms with van der Waals surface area (Å²) in [4.78, 5) is 49.1. The van der Waals surface area contributed by atoms with Gasteiger partial charge in [-0.25, -0.2) is 19.2 Å². The van der Waals surface area contributed by atoms with Crippen LogP contribution >= 0.6 is 0 Å². The molecule has 0 aliphatic carbocycles. The smallest absolute Gasteiger partial charge is 0.460 e. The van der Waals surface area contributed by atoms with Crippen molar-refractivity contribution in [1.29, 1.82) is 0 Å². The number of halogens is 13. The maximum absolute atomic E-state index is 15.2. The molecule has 0 amide bonds. The fourth-order valence-corrected chi connectivity index (χ4v) is 3.07. The molecule has 1 aromatic rings. The first kappa shape index (κ1) is 35.2. The SMILES string of the molecule is COC(=O)c1cc(C(F)(F)C(F)(F)C(F)(F)C(F)(F)C(F)(F)C(F)(F)F)c(C(=O)OC)c(C(=O)OC)c1C(=O)OC. The van der Waals surface area contributed by atoms with Gasteiger partial charge in [0.25, 0.3) is 0 Å². The van der Waals surface area contributed by atoms with Gasteiger partial charge >= 0.3 is 59.7 Å². The van der Waals surface area contributed by atoms with Gasteiger partial charge in [0.15, 0.2) is 0 Å². The number of esters is 4. The van der Waals surface area contributed by atoms with Gasteiger partial charge in [-0.1, -0.05) is 0 Å². The number of alkyl halides is 13. The molecule has 0 aromatic heterocycles. The van der Waals surface area contributed by atoms with Crippen molar-refractivity contribution in [3.63, 3.8) is 0 Å². The van der Waals surface area contributed by atoms with Gasteiger partial charge in [0.2, 0.25) is 0 Å². The molecular weight excluding hydrogens is 615 g/mol. The fraction of sp³-hybridized carbons (Fsp3) is 0.500. The van der Waals surface area contributed by atoms with Crippen molar-refractivity contribution in [3.05, 3.63) is 33.9 Å². The lowest BCUT2D eigenvalue weighted by Gasteiger charge is -2.40. The van der Waals surface area contributed by atoms with E-state index in [9.17, 15) is 67.5 Å². The highest BCUT2D eigenvalue weighted by Crippen LogP contribution is 2.62. The van der Waals surface area contributed by atoms with Crippen molar-refractivity contribution in [3.8, 4) is 0 Å². The van der Waals surface area contributed by atoms with E-state index in [1.165, 1.54) is 0 Å². The summed E-state index contributed by atoms with van der Waals surface area (Å²) in [5.74, 6) is -48.4. The van der Waals surface area contributed by atoms with Gasteiger partial charge in [-0.2, -0.15) is 57.1 Å². The summed E-state index contributed by atoms with van der Waals surface area (Å²) in [6, 6.07) is -0.763. The topological polar surface area (TPSA) is 105 Å². The number of hydrogen-bond acceptors (Lipinski definition) is 8. The minimum atomic E-state index is -8.31. The molecule has 0 saturated carbocycles. The van der Waals surface area contributed by atoms with E-state index in [0.29, 0.717) is 21.3 Å². The van der Waals surface area contributed by atoms with Gasteiger partial charge in [0.05, 0.1) is 50.7 Å². The number of hydrogen-bond donors (Lipinski definition) is 0. The Kier molecular flexibility index (Phi) is 9.34. The van der Waals surface area contributed by atoms with E-state index >= 15 is 8.78 Å². The van der Waals surface area contributed by atoms with Crippen molar-refractivity contribution in [2.45, 2.75) is 35.8 Å². The lowest BCUT2D eigenvalue weighted by atomic mass is 9.84. The molecular formula is C20H13F13O8. The Morgan fingerprint density at radius 2 is 0.829 bits per heavy atom. The van der Waals surface area contributed by atoms with Gasteiger partial charge in [0, 0.05) is 5.56 Å². The molecule has 0 bridgehead atoms. The Bertz CT molecular complexity index is 1240. The Morgan fingerprint density at radius 3 is 1.20 bits per heavy atom. The number of methoxy groups -OCH3 is 4. The van der Waals surface area contributed by atoms with Crippen LogP contribution in [0.2, 0.25) is 0 Å². The van der Waals surface area contributed by atoms with Gasteiger partial charge in [-0.05, 0) is 6.07 Å². The normalized spacial score (nSPS) is 13.4.